The number of benzene rings is 2. The number of ether oxygens (including phenoxy) is 1. The van der Waals surface area contributed by atoms with E-state index in [9.17, 15) is 4.79 Å². The van der Waals surface area contributed by atoms with Gasteiger partial charge in [0.2, 0.25) is 0 Å². The smallest absolute Gasteiger partial charge is 0.408 e. The lowest BCUT2D eigenvalue weighted by molar-refractivity contribution is 0.127. The number of alkyl carbamates (subject to hydrolysis) is 1. The zero-order chi connectivity index (χ0) is 17.1. The van der Waals surface area contributed by atoms with Crippen molar-refractivity contribution in [3.05, 3.63) is 71.8 Å². The number of carbonyl (C=O) groups is 1. The van der Waals surface area contributed by atoms with Gasteiger partial charge >= 0.3 is 6.09 Å². The molecule has 2 aromatic rings. The molecule has 2 aliphatic rings. The number of rotatable bonds is 5. The second kappa shape index (κ2) is 6.89. The molecule has 4 nitrogen and oxygen atoms in total. The standard InChI is InChI=1S/C21H24N2O2/c24-20(25-15-16-7-3-1-4-8-16)22-19(17-9-5-2-6-10-17)21-13-11-18(23-21)12-14-21/h1-10,18-19,23H,11-15H2,(H,22,24)/t18?,19-,21?/m1/s1. The molecule has 0 spiro atoms. The Kier molecular flexibility index (Phi) is 4.45. The van der Waals surface area contributed by atoms with Gasteiger partial charge in [0, 0.05) is 11.6 Å². The zero-order valence-electron chi connectivity index (χ0n) is 14.3. The Morgan fingerprint density at radius 3 is 2.32 bits per heavy atom. The van der Waals surface area contributed by atoms with E-state index in [2.05, 4.69) is 22.8 Å². The Hall–Kier alpha value is -2.33. The number of nitrogens with one attached hydrogen (secondary N) is 2. The van der Waals surface area contributed by atoms with Crippen LogP contribution in [0.5, 0.6) is 0 Å². The van der Waals surface area contributed by atoms with Crippen molar-refractivity contribution in [2.45, 2.75) is 49.9 Å². The summed E-state index contributed by atoms with van der Waals surface area (Å²) in [5.41, 5.74) is 2.08. The van der Waals surface area contributed by atoms with Crippen LogP contribution in [0.2, 0.25) is 0 Å². The molecule has 2 aromatic carbocycles. The maximum Gasteiger partial charge on any atom is 0.408 e. The highest BCUT2D eigenvalue weighted by Gasteiger charge is 2.50. The molecule has 0 unspecified atom stereocenters. The molecule has 0 radical (unpaired) electrons. The summed E-state index contributed by atoms with van der Waals surface area (Å²) in [4.78, 5) is 12.5. The molecule has 2 saturated heterocycles. The van der Waals surface area contributed by atoms with Gasteiger partial charge in [0.05, 0.1) is 6.04 Å². The summed E-state index contributed by atoms with van der Waals surface area (Å²) in [6.07, 6.45) is 4.20. The first kappa shape index (κ1) is 16.2. The molecule has 0 aliphatic carbocycles. The third kappa shape index (κ3) is 3.40. The van der Waals surface area contributed by atoms with Gasteiger partial charge in [-0.2, -0.15) is 0 Å². The van der Waals surface area contributed by atoms with E-state index in [1.54, 1.807) is 0 Å². The van der Waals surface area contributed by atoms with Crippen LogP contribution in [0.1, 0.15) is 42.9 Å². The van der Waals surface area contributed by atoms with Crippen molar-refractivity contribution >= 4 is 6.09 Å². The minimum atomic E-state index is -0.357. The van der Waals surface area contributed by atoms with Gasteiger partial charge in [0.25, 0.3) is 0 Å². The zero-order valence-corrected chi connectivity index (χ0v) is 14.3. The van der Waals surface area contributed by atoms with Crippen LogP contribution in [-0.2, 0) is 11.3 Å². The molecule has 0 saturated carbocycles. The van der Waals surface area contributed by atoms with Crippen molar-refractivity contribution in [3.63, 3.8) is 0 Å². The van der Waals surface area contributed by atoms with Crippen LogP contribution in [0.4, 0.5) is 4.79 Å². The van der Waals surface area contributed by atoms with Gasteiger partial charge in [0.15, 0.2) is 0 Å². The van der Waals surface area contributed by atoms with Crippen LogP contribution in [0.15, 0.2) is 60.7 Å². The van der Waals surface area contributed by atoms with Gasteiger partial charge in [-0.3, -0.25) is 0 Å². The molecule has 25 heavy (non-hydrogen) atoms. The van der Waals surface area contributed by atoms with E-state index in [4.69, 9.17) is 4.74 Å². The van der Waals surface area contributed by atoms with Crippen molar-refractivity contribution in [1.29, 1.82) is 0 Å². The van der Waals surface area contributed by atoms with Crippen LogP contribution in [-0.4, -0.2) is 17.7 Å². The molecule has 2 fully saturated rings. The Balaban J connectivity index is 1.48. The molecule has 1 atom stereocenters. The second-order valence-corrected chi connectivity index (χ2v) is 7.12. The number of fused-ring (bicyclic) bond motifs is 2. The lowest BCUT2D eigenvalue weighted by atomic mass is 9.79. The van der Waals surface area contributed by atoms with E-state index in [1.807, 2.05) is 48.5 Å². The molecule has 4 heteroatoms. The van der Waals surface area contributed by atoms with E-state index in [0.29, 0.717) is 6.04 Å². The van der Waals surface area contributed by atoms with Gasteiger partial charge < -0.3 is 15.4 Å². The Labute approximate surface area is 148 Å². The molecule has 130 valence electrons. The number of carbonyl (C=O) groups excluding carboxylic acids is 1. The quantitative estimate of drug-likeness (QED) is 0.869. The highest BCUT2D eigenvalue weighted by Crippen LogP contribution is 2.45. The third-order valence-electron chi connectivity index (χ3n) is 5.53. The Bertz CT molecular complexity index is 709. The van der Waals surface area contributed by atoms with Crippen LogP contribution in [0, 0.1) is 0 Å². The molecule has 2 aliphatic heterocycles. The molecule has 1 amide bonds. The number of hydrogen-bond acceptors (Lipinski definition) is 3. The van der Waals surface area contributed by atoms with Gasteiger partial charge in [-0.05, 0) is 36.8 Å². The minimum absolute atomic E-state index is 0.0439. The highest BCUT2D eigenvalue weighted by molar-refractivity contribution is 5.68. The van der Waals surface area contributed by atoms with Crippen molar-refractivity contribution in [3.8, 4) is 0 Å². The maximum atomic E-state index is 12.5. The van der Waals surface area contributed by atoms with E-state index >= 15 is 0 Å². The first-order chi connectivity index (χ1) is 12.3. The number of amides is 1. The van der Waals surface area contributed by atoms with Gasteiger partial charge in [0.1, 0.15) is 6.61 Å². The fourth-order valence-corrected chi connectivity index (χ4v) is 4.27. The predicted octanol–water partition coefficient (Wildman–Crippen LogP) is 3.94. The summed E-state index contributed by atoms with van der Waals surface area (Å²) in [5, 5.41) is 6.89. The minimum Gasteiger partial charge on any atom is -0.445 e. The van der Waals surface area contributed by atoms with Crippen molar-refractivity contribution < 1.29 is 9.53 Å². The lowest BCUT2D eigenvalue weighted by Gasteiger charge is -2.36. The second-order valence-electron chi connectivity index (χ2n) is 7.12. The highest BCUT2D eigenvalue weighted by atomic mass is 16.5. The number of hydrogen-bond donors (Lipinski definition) is 2. The van der Waals surface area contributed by atoms with Gasteiger partial charge in [-0.15, -0.1) is 0 Å². The fourth-order valence-electron chi connectivity index (χ4n) is 4.27. The van der Waals surface area contributed by atoms with Crippen LogP contribution in [0.3, 0.4) is 0 Å². The molecule has 4 rings (SSSR count). The Morgan fingerprint density at radius 1 is 1.08 bits per heavy atom. The van der Waals surface area contributed by atoms with Crippen molar-refractivity contribution in [2.75, 3.05) is 0 Å². The predicted molar refractivity (Wildman–Crippen MR) is 97.1 cm³/mol. The van der Waals surface area contributed by atoms with Crippen molar-refractivity contribution in [1.82, 2.24) is 10.6 Å². The molecule has 0 aromatic heterocycles. The summed E-state index contributed by atoms with van der Waals surface area (Å²) in [6.45, 7) is 0.289. The largest absolute Gasteiger partial charge is 0.445 e. The lowest BCUT2D eigenvalue weighted by Crippen LogP contribution is -2.50. The average molecular weight is 336 g/mol. The van der Waals surface area contributed by atoms with E-state index < -0.39 is 0 Å². The van der Waals surface area contributed by atoms with Crippen LogP contribution in [0.25, 0.3) is 0 Å². The maximum absolute atomic E-state index is 12.5. The van der Waals surface area contributed by atoms with Gasteiger partial charge in [-0.1, -0.05) is 60.7 Å². The van der Waals surface area contributed by atoms with Gasteiger partial charge in [-0.25, -0.2) is 4.79 Å². The normalized spacial score (nSPS) is 25.5. The molecule has 2 N–H and O–H groups in total. The Morgan fingerprint density at radius 2 is 1.72 bits per heavy atom. The van der Waals surface area contributed by atoms with Crippen molar-refractivity contribution in [2.24, 2.45) is 0 Å². The molecule has 2 heterocycles. The molecule has 2 bridgehead atoms. The summed E-state index contributed by atoms with van der Waals surface area (Å²) in [5.74, 6) is 0. The summed E-state index contributed by atoms with van der Waals surface area (Å²) >= 11 is 0. The topological polar surface area (TPSA) is 50.4 Å². The first-order valence-electron chi connectivity index (χ1n) is 9.05. The van der Waals surface area contributed by atoms with Crippen LogP contribution < -0.4 is 10.6 Å². The summed E-state index contributed by atoms with van der Waals surface area (Å²) < 4.78 is 5.46. The first-order valence-corrected chi connectivity index (χ1v) is 9.05. The monoisotopic (exact) mass is 336 g/mol. The summed E-state index contributed by atoms with van der Waals surface area (Å²) in [7, 11) is 0. The molecular weight excluding hydrogens is 312 g/mol. The average Bonchev–Trinajstić information content (AvgIpc) is 3.28. The fraction of sp³-hybridized carbons (Fsp3) is 0.381. The van der Waals surface area contributed by atoms with E-state index in [1.165, 1.54) is 12.8 Å². The third-order valence-corrected chi connectivity index (χ3v) is 5.53. The SMILES string of the molecule is O=C(N[C@H](c1ccccc1)C12CCC(CC1)N2)OCc1ccccc1. The van der Waals surface area contributed by atoms with E-state index in [0.717, 1.165) is 24.0 Å². The van der Waals surface area contributed by atoms with E-state index in [-0.39, 0.29) is 24.3 Å². The van der Waals surface area contributed by atoms with Crippen LogP contribution >= 0.6 is 0 Å². The summed E-state index contributed by atoms with van der Waals surface area (Å²) in [6, 6.07) is 20.5. The molecular formula is C21H24N2O2.